The first kappa shape index (κ1) is 29.6. The lowest BCUT2D eigenvalue weighted by molar-refractivity contribution is -0.278. The van der Waals surface area contributed by atoms with Gasteiger partial charge in [0.15, 0.2) is 5.43 Å². The van der Waals surface area contributed by atoms with E-state index in [-0.39, 0.29) is 28.2 Å². The molecule has 1 saturated heterocycles. The lowest BCUT2D eigenvalue weighted by Crippen LogP contribution is -2.60. The summed E-state index contributed by atoms with van der Waals surface area (Å²) in [4.78, 5) is 25.0. The summed E-state index contributed by atoms with van der Waals surface area (Å²) >= 11 is 0. The van der Waals surface area contributed by atoms with Gasteiger partial charge in [-0.25, -0.2) is 4.79 Å². The van der Waals surface area contributed by atoms with Gasteiger partial charge in [-0.05, 0) is 48.0 Å². The van der Waals surface area contributed by atoms with E-state index in [2.05, 4.69) is 0 Å². The number of fused-ring (bicyclic) bond motifs is 1. The van der Waals surface area contributed by atoms with Crippen LogP contribution in [0.15, 0.2) is 82.0 Å². The van der Waals surface area contributed by atoms with Gasteiger partial charge in [-0.15, -0.1) is 0 Å². The second kappa shape index (κ2) is 12.5. The third-order valence-corrected chi connectivity index (χ3v) is 6.77. The number of hydrogen-bond acceptors (Lipinski definition) is 12. The minimum Gasteiger partial charge on any atom is -0.508 e. The zero-order chi connectivity index (χ0) is 30.7. The van der Waals surface area contributed by atoms with Crippen LogP contribution in [0.1, 0.15) is 5.56 Å². The Kier molecular flexibility index (Phi) is 8.64. The fourth-order valence-corrected chi connectivity index (χ4v) is 4.46. The number of phenolic OH excluding ortho intramolecular Hbond substituents is 2. The highest BCUT2D eigenvalue weighted by Gasteiger charge is 2.45. The first-order valence-corrected chi connectivity index (χ1v) is 13.1. The number of carbonyl (C=O) groups is 1. The van der Waals surface area contributed by atoms with Crippen molar-refractivity contribution in [3.8, 4) is 34.3 Å². The van der Waals surface area contributed by atoms with E-state index in [0.29, 0.717) is 16.9 Å². The highest BCUT2D eigenvalue weighted by atomic mass is 16.7. The summed E-state index contributed by atoms with van der Waals surface area (Å²) in [6, 6.07) is 16.5. The van der Waals surface area contributed by atoms with Gasteiger partial charge in [0.2, 0.25) is 6.29 Å². The molecule has 5 N–H and O–H groups in total. The summed E-state index contributed by atoms with van der Waals surface area (Å²) in [6.45, 7) is -0.493. The predicted octanol–water partition coefficient (Wildman–Crippen LogP) is 2.32. The maximum absolute atomic E-state index is 12.8. The zero-order valence-electron chi connectivity index (χ0n) is 22.7. The number of phenols is 2. The Morgan fingerprint density at radius 3 is 2.33 bits per heavy atom. The number of aliphatic hydroxyl groups excluding tert-OH is 3. The molecule has 0 saturated carbocycles. The molecule has 1 aliphatic heterocycles. The van der Waals surface area contributed by atoms with Crippen molar-refractivity contribution in [1.29, 1.82) is 0 Å². The molecular weight excluding hydrogens is 564 g/mol. The number of benzene rings is 3. The third kappa shape index (κ3) is 6.63. The van der Waals surface area contributed by atoms with E-state index in [0.717, 1.165) is 12.1 Å². The van der Waals surface area contributed by atoms with E-state index in [1.165, 1.54) is 37.5 Å². The summed E-state index contributed by atoms with van der Waals surface area (Å²) in [5.74, 6) is -0.422. The number of ether oxygens (including phenoxy) is 4. The number of methoxy groups -OCH3 is 1. The maximum atomic E-state index is 12.8. The number of esters is 1. The first-order chi connectivity index (χ1) is 20.6. The normalized spacial score (nSPS) is 22.0. The molecule has 0 radical (unpaired) electrons. The quantitative estimate of drug-likeness (QED) is 0.149. The van der Waals surface area contributed by atoms with E-state index in [4.69, 9.17) is 23.4 Å². The zero-order valence-corrected chi connectivity index (χ0v) is 22.7. The van der Waals surface area contributed by atoms with Crippen molar-refractivity contribution in [2.75, 3.05) is 13.7 Å². The van der Waals surface area contributed by atoms with E-state index >= 15 is 0 Å². The van der Waals surface area contributed by atoms with Gasteiger partial charge in [0.1, 0.15) is 70.8 Å². The van der Waals surface area contributed by atoms with E-state index in [9.17, 15) is 35.1 Å². The highest BCUT2D eigenvalue weighted by molar-refractivity contribution is 5.87. The number of carbonyl (C=O) groups excluding carboxylic acids is 1. The van der Waals surface area contributed by atoms with Crippen LogP contribution < -0.4 is 14.9 Å². The lowest BCUT2D eigenvalue weighted by Gasteiger charge is -2.39. The van der Waals surface area contributed by atoms with E-state index in [1.807, 2.05) is 0 Å². The number of hydrogen-bond donors (Lipinski definition) is 5. The molecule has 0 amide bonds. The monoisotopic (exact) mass is 592 g/mol. The Hall–Kier alpha value is -4.88. The fourth-order valence-electron chi connectivity index (χ4n) is 4.46. The smallest absolute Gasteiger partial charge is 0.330 e. The average molecular weight is 593 g/mol. The van der Waals surface area contributed by atoms with Gasteiger partial charge in [-0.3, -0.25) is 4.79 Å². The Morgan fingerprint density at radius 1 is 0.907 bits per heavy atom. The SMILES string of the molecule is COc1ccc(-c2cc(=O)c3c(O)cc(O[C@@H]4O[C@H](COC(=O)/C=C/c5ccc(O)cc5)[C@@H](O)[C@H](O)[C@H]4O)cc3o2)cc1. The molecule has 0 aliphatic carbocycles. The molecule has 0 unspecified atom stereocenters. The van der Waals surface area contributed by atoms with Gasteiger partial charge in [-0.1, -0.05) is 12.1 Å². The van der Waals surface area contributed by atoms with Crippen molar-refractivity contribution in [2.24, 2.45) is 0 Å². The molecule has 224 valence electrons. The van der Waals surface area contributed by atoms with E-state index < -0.39 is 54.5 Å². The number of aromatic hydroxyl groups is 2. The average Bonchev–Trinajstić information content (AvgIpc) is 3.00. The maximum Gasteiger partial charge on any atom is 0.330 e. The molecule has 2 heterocycles. The van der Waals surface area contributed by atoms with Gasteiger partial charge in [0.05, 0.1) is 7.11 Å². The molecule has 1 aromatic heterocycles. The van der Waals surface area contributed by atoms with Crippen molar-refractivity contribution in [3.63, 3.8) is 0 Å². The Labute approximate surface area is 244 Å². The van der Waals surface area contributed by atoms with Crippen LogP contribution in [0.25, 0.3) is 28.4 Å². The molecule has 1 aliphatic rings. The van der Waals surface area contributed by atoms with Crippen molar-refractivity contribution < 1.29 is 53.7 Å². The van der Waals surface area contributed by atoms with Gasteiger partial charge < -0.3 is 48.9 Å². The van der Waals surface area contributed by atoms with Gasteiger partial charge in [-0.2, -0.15) is 0 Å². The van der Waals surface area contributed by atoms with Crippen molar-refractivity contribution in [2.45, 2.75) is 30.7 Å². The predicted molar refractivity (Wildman–Crippen MR) is 152 cm³/mol. The third-order valence-electron chi connectivity index (χ3n) is 6.77. The van der Waals surface area contributed by atoms with Gasteiger partial charge in [0, 0.05) is 29.8 Å². The Balaban J connectivity index is 1.31. The molecule has 4 aromatic rings. The van der Waals surface area contributed by atoms with Crippen molar-refractivity contribution >= 4 is 23.0 Å². The molecule has 5 atom stereocenters. The summed E-state index contributed by atoms with van der Waals surface area (Å²) in [6.07, 6.45) is -5.36. The number of aliphatic hydroxyl groups is 3. The summed E-state index contributed by atoms with van der Waals surface area (Å²) in [5.41, 5.74) is 0.667. The largest absolute Gasteiger partial charge is 0.508 e. The molecule has 0 spiro atoms. The van der Waals surface area contributed by atoms with Crippen molar-refractivity contribution in [1.82, 2.24) is 0 Å². The van der Waals surface area contributed by atoms with Crippen LogP contribution in [0, 0.1) is 0 Å². The van der Waals surface area contributed by atoms with Crippen LogP contribution in [-0.2, 0) is 14.3 Å². The summed E-state index contributed by atoms with van der Waals surface area (Å²) in [5, 5.41) is 51.1. The summed E-state index contributed by atoms with van der Waals surface area (Å²) < 4.78 is 27.4. The van der Waals surface area contributed by atoms with Crippen LogP contribution in [0.2, 0.25) is 0 Å². The second-order valence-corrected chi connectivity index (χ2v) is 9.71. The van der Waals surface area contributed by atoms with Crippen LogP contribution in [0.3, 0.4) is 0 Å². The lowest BCUT2D eigenvalue weighted by atomic mass is 9.99. The minimum absolute atomic E-state index is 0.0231. The molecule has 1 fully saturated rings. The second-order valence-electron chi connectivity index (χ2n) is 9.71. The highest BCUT2D eigenvalue weighted by Crippen LogP contribution is 2.33. The molecule has 3 aromatic carbocycles. The van der Waals surface area contributed by atoms with Crippen molar-refractivity contribution in [3.05, 3.63) is 88.6 Å². The van der Waals surface area contributed by atoms with Crippen LogP contribution in [0.4, 0.5) is 0 Å². The molecule has 5 rings (SSSR count). The van der Waals surface area contributed by atoms with Crippen LogP contribution in [-0.4, -0.2) is 75.9 Å². The molecular formula is C31H28O12. The molecule has 12 heteroatoms. The standard InChI is InChI=1S/C31H28O12/c1-39-19-9-5-17(6-10-19)23-14-22(34)27-21(33)12-20(13-24(27)42-23)41-31-30(38)29(37)28(36)25(43-31)15-40-26(35)11-4-16-2-7-18(32)8-3-16/h2-14,25,28-33,36-38H,15H2,1H3/b11-4+/t25-,28-,29+,30-,31-/m1/s1. The topological polar surface area (TPSA) is 185 Å². The Morgan fingerprint density at radius 2 is 1.63 bits per heavy atom. The van der Waals surface area contributed by atoms with E-state index in [1.54, 1.807) is 36.4 Å². The molecule has 43 heavy (non-hydrogen) atoms. The fraction of sp³-hybridized carbons (Fsp3) is 0.226. The Bertz CT molecular complexity index is 1680. The number of rotatable bonds is 8. The minimum atomic E-state index is -1.73. The van der Waals surface area contributed by atoms with Gasteiger partial charge >= 0.3 is 5.97 Å². The molecule has 0 bridgehead atoms. The molecule has 12 nitrogen and oxygen atoms in total. The van der Waals surface area contributed by atoms with Crippen LogP contribution in [0.5, 0.6) is 23.0 Å². The van der Waals surface area contributed by atoms with Gasteiger partial charge in [0.25, 0.3) is 0 Å². The first-order valence-electron chi connectivity index (χ1n) is 13.1. The summed E-state index contributed by atoms with van der Waals surface area (Å²) in [7, 11) is 1.52. The van der Waals surface area contributed by atoms with Crippen LogP contribution >= 0.6 is 0 Å².